The van der Waals surface area contributed by atoms with E-state index in [-0.39, 0.29) is 5.91 Å². The molecule has 0 aliphatic carbocycles. The quantitative estimate of drug-likeness (QED) is 0.752. The standard InChI is InChI=1S/C17H24N2O/c1-3-5-6-7-15(4-2)19-11-10-13-8-9-14(17(18)20)12-16(13)19/h8-12,15H,3-7H2,1-2H3,(H2,18,20). The van der Waals surface area contributed by atoms with Crippen molar-refractivity contribution in [1.29, 1.82) is 0 Å². The van der Waals surface area contributed by atoms with Crippen molar-refractivity contribution >= 4 is 16.8 Å². The molecule has 1 unspecified atom stereocenters. The number of carbonyl (C=O) groups excluding carboxylic acids is 1. The van der Waals surface area contributed by atoms with Crippen LogP contribution in [0.15, 0.2) is 30.5 Å². The average molecular weight is 272 g/mol. The van der Waals surface area contributed by atoms with Crippen LogP contribution in [0.3, 0.4) is 0 Å². The van der Waals surface area contributed by atoms with Crippen molar-refractivity contribution in [2.75, 3.05) is 0 Å². The molecule has 20 heavy (non-hydrogen) atoms. The highest BCUT2D eigenvalue weighted by Crippen LogP contribution is 2.26. The Hall–Kier alpha value is -1.77. The van der Waals surface area contributed by atoms with Gasteiger partial charge >= 0.3 is 0 Å². The van der Waals surface area contributed by atoms with Crippen LogP contribution < -0.4 is 5.73 Å². The Morgan fingerprint density at radius 3 is 2.70 bits per heavy atom. The lowest BCUT2D eigenvalue weighted by Crippen LogP contribution is -2.11. The molecule has 108 valence electrons. The van der Waals surface area contributed by atoms with Crippen LogP contribution in [0.1, 0.15) is 62.4 Å². The third-order valence-corrected chi connectivity index (χ3v) is 4.01. The van der Waals surface area contributed by atoms with Gasteiger partial charge in [-0.25, -0.2) is 0 Å². The molecule has 2 rings (SSSR count). The molecule has 1 atom stereocenters. The van der Waals surface area contributed by atoms with Gasteiger partial charge in [0.15, 0.2) is 0 Å². The van der Waals surface area contributed by atoms with Gasteiger partial charge < -0.3 is 10.3 Å². The Bertz CT molecular complexity index is 586. The fraction of sp³-hybridized carbons (Fsp3) is 0.471. The minimum atomic E-state index is -0.362. The fourth-order valence-electron chi connectivity index (χ4n) is 2.79. The van der Waals surface area contributed by atoms with Crippen LogP contribution >= 0.6 is 0 Å². The second kappa shape index (κ2) is 6.60. The van der Waals surface area contributed by atoms with Gasteiger partial charge in [-0.3, -0.25) is 4.79 Å². The van der Waals surface area contributed by atoms with E-state index in [1.54, 1.807) is 6.07 Å². The van der Waals surface area contributed by atoms with Gasteiger partial charge in [0.2, 0.25) is 5.91 Å². The first-order chi connectivity index (χ1) is 9.67. The summed E-state index contributed by atoms with van der Waals surface area (Å²) in [6, 6.07) is 8.31. The van der Waals surface area contributed by atoms with Crippen molar-refractivity contribution in [3.8, 4) is 0 Å². The van der Waals surface area contributed by atoms with Crippen LogP contribution in [0.5, 0.6) is 0 Å². The van der Waals surface area contributed by atoms with Crippen molar-refractivity contribution in [1.82, 2.24) is 4.57 Å². The lowest BCUT2D eigenvalue weighted by Gasteiger charge is -2.18. The molecule has 0 aliphatic heterocycles. The van der Waals surface area contributed by atoms with Crippen LogP contribution in [0.4, 0.5) is 0 Å². The first-order valence-electron chi connectivity index (χ1n) is 7.57. The molecule has 0 saturated heterocycles. The molecule has 1 aromatic heterocycles. The van der Waals surface area contributed by atoms with Crippen LogP contribution in [0, 0.1) is 0 Å². The normalized spacial score (nSPS) is 12.7. The molecule has 1 heterocycles. The van der Waals surface area contributed by atoms with Gasteiger partial charge in [-0.15, -0.1) is 0 Å². The SMILES string of the molecule is CCCCCC(CC)n1ccc2ccc(C(N)=O)cc21. The highest BCUT2D eigenvalue weighted by Gasteiger charge is 2.12. The minimum Gasteiger partial charge on any atom is -0.366 e. The van der Waals surface area contributed by atoms with Crippen molar-refractivity contribution in [2.45, 2.75) is 52.0 Å². The smallest absolute Gasteiger partial charge is 0.248 e. The van der Waals surface area contributed by atoms with Crippen molar-refractivity contribution in [3.05, 3.63) is 36.0 Å². The summed E-state index contributed by atoms with van der Waals surface area (Å²) in [5, 5.41) is 1.17. The average Bonchev–Trinajstić information content (AvgIpc) is 2.86. The topological polar surface area (TPSA) is 48.0 Å². The molecule has 0 aliphatic rings. The number of benzene rings is 1. The van der Waals surface area contributed by atoms with Crippen LogP contribution in [0.2, 0.25) is 0 Å². The number of primary amides is 1. The third-order valence-electron chi connectivity index (χ3n) is 4.01. The summed E-state index contributed by atoms with van der Waals surface area (Å²) in [5.41, 5.74) is 7.08. The number of carbonyl (C=O) groups is 1. The number of fused-ring (bicyclic) bond motifs is 1. The molecule has 0 saturated carbocycles. The molecule has 3 nitrogen and oxygen atoms in total. The van der Waals surface area contributed by atoms with E-state index in [2.05, 4.69) is 30.7 Å². The predicted molar refractivity (Wildman–Crippen MR) is 83.9 cm³/mol. The van der Waals surface area contributed by atoms with Crippen LogP contribution in [-0.4, -0.2) is 10.5 Å². The number of nitrogens with two attached hydrogens (primary N) is 1. The van der Waals surface area contributed by atoms with Gasteiger partial charge in [0.05, 0.1) is 0 Å². The molecule has 0 fully saturated rings. The number of unbranched alkanes of at least 4 members (excludes halogenated alkanes) is 2. The number of amides is 1. The summed E-state index contributed by atoms with van der Waals surface area (Å²) in [7, 11) is 0. The van der Waals surface area contributed by atoms with E-state index in [1.165, 1.54) is 31.1 Å². The van der Waals surface area contributed by atoms with E-state index in [4.69, 9.17) is 5.73 Å². The fourth-order valence-corrected chi connectivity index (χ4v) is 2.79. The monoisotopic (exact) mass is 272 g/mol. The highest BCUT2D eigenvalue weighted by molar-refractivity contribution is 5.97. The maximum absolute atomic E-state index is 11.3. The maximum Gasteiger partial charge on any atom is 0.248 e. The van der Waals surface area contributed by atoms with Gasteiger partial charge in [0.1, 0.15) is 0 Å². The molecule has 0 radical (unpaired) electrons. The summed E-state index contributed by atoms with van der Waals surface area (Å²) in [6.07, 6.45) is 8.21. The van der Waals surface area contributed by atoms with Gasteiger partial charge in [-0.05, 0) is 36.4 Å². The Kier molecular flexibility index (Phi) is 4.83. The number of nitrogens with zero attached hydrogens (tertiary/aromatic N) is 1. The molecule has 1 aromatic carbocycles. The molecule has 1 amide bonds. The molecular formula is C17H24N2O. The van der Waals surface area contributed by atoms with Crippen molar-refractivity contribution in [2.24, 2.45) is 5.73 Å². The van der Waals surface area contributed by atoms with Gasteiger partial charge in [-0.1, -0.05) is 39.2 Å². The molecular weight excluding hydrogens is 248 g/mol. The molecule has 0 bridgehead atoms. The minimum absolute atomic E-state index is 0.362. The van der Waals surface area contributed by atoms with Crippen molar-refractivity contribution in [3.63, 3.8) is 0 Å². The van der Waals surface area contributed by atoms with E-state index in [9.17, 15) is 4.79 Å². The lowest BCUT2D eigenvalue weighted by molar-refractivity contribution is 0.100. The summed E-state index contributed by atoms with van der Waals surface area (Å²) in [5.74, 6) is -0.362. The van der Waals surface area contributed by atoms with Gasteiger partial charge in [0.25, 0.3) is 0 Å². The van der Waals surface area contributed by atoms with E-state index in [1.807, 2.05) is 12.1 Å². The first kappa shape index (κ1) is 14.6. The van der Waals surface area contributed by atoms with Crippen molar-refractivity contribution < 1.29 is 4.79 Å². The van der Waals surface area contributed by atoms with Crippen LogP contribution in [-0.2, 0) is 0 Å². The zero-order valence-corrected chi connectivity index (χ0v) is 12.4. The van der Waals surface area contributed by atoms with Gasteiger partial charge in [-0.2, -0.15) is 0 Å². The number of hydrogen-bond donors (Lipinski definition) is 1. The third kappa shape index (κ3) is 3.03. The zero-order chi connectivity index (χ0) is 14.5. The largest absolute Gasteiger partial charge is 0.366 e. The Morgan fingerprint density at radius 2 is 2.05 bits per heavy atom. The summed E-state index contributed by atoms with van der Waals surface area (Å²) in [4.78, 5) is 11.3. The number of aromatic nitrogens is 1. The predicted octanol–water partition coefficient (Wildman–Crippen LogP) is 4.27. The lowest BCUT2D eigenvalue weighted by atomic mass is 10.1. The first-order valence-corrected chi connectivity index (χ1v) is 7.57. The Labute approximate surface area is 120 Å². The summed E-state index contributed by atoms with van der Waals surface area (Å²) < 4.78 is 2.30. The van der Waals surface area contributed by atoms with E-state index < -0.39 is 0 Å². The zero-order valence-electron chi connectivity index (χ0n) is 12.4. The van der Waals surface area contributed by atoms with Crippen LogP contribution in [0.25, 0.3) is 10.9 Å². The maximum atomic E-state index is 11.3. The second-order valence-corrected chi connectivity index (χ2v) is 5.42. The number of hydrogen-bond acceptors (Lipinski definition) is 1. The Balaban J connectivity index is 2.31. The van der Waals surface area contributed by atoms with Gasteiger partial charge in [0, 0.05) is 23.3 Å². The van der Waals surface area contributed by atoms with E-state index in [0.717, 1.165) is 11.9 Å². The summed E-state index contributed by atoms with van der Waals surface area (Å²) >= 11 is 0. The number of rotatable bonds is 7. The summed E-state index contributed by atoms with van der Waals surface area (Å²) in [6.45, 7) is 4.45. The molecule has 2 aromatic rings. The van der Waals surface area contributed by atoms with E-state index >= 15 is 0 Å². The molecule has 2 N–H and O–H groups in total. The second-order valence-electron chi connectivity index (χ2n) is 5.42. The highest BCUT2D eigenvalue weighted by atomic mass is 16.1. The van der Waals surface area contributed by atoms with E-state index in [0.29, 0.717) is 11.6 Å². The molecule has 0 spiro atoms. The Morgan fingerprint density at radius 1 is 1.25 bits per heavy atom. The molecule has 3 heteroatoms.